The van der Waals surface area contributed by atoms with Crippen LogP contribution in [0.2, 0.25) is 0 Å². The number of aryl methyl sites for hydroxylation is 2. The molecule has 1 aromatic carbocycles. The molecule has 112 valence electrons. The van der Waals surface area contributed by atoms with E-state index in [4.69, 9.17) is 4.74 Å². The Kier molecular flexibility index (Phi) is 4.43. The van der Waals surface area contributed by atoms with Crippen LogP contribution < -0.4 is 5.32 Å². The Balaban J connectivity index is 1.95. The summed E-state index contributed by atoms with van der Waals surface area (Å²) in [5.41, 5.74) is 4.07. The summed E-state index contributed by atoms with van der Waals surface area (Å²) in [6.45, 7) is 14.2. The van der Waals surface area contributed by atoms with Gasteiger partial charge in [-0.15, -0.1) is 0 Å². The van der Waals surface area contributed by atoms with E-state index in [0.717, 1.165) is 13.0 Å². The molecule has 2 rings (SSSR count). The zero-order chi connectivity index (χ0) is 14.9. The normalized spacial score (nSPS) is 24.6. The molecule has 0 aliphatic heterocycles. The Bertz CT molecular complexity index is 444. The van der Waals surface area contributed by atoms with Crippen LogP contribution in [0.4, 0.5) is 5.69 Å². The molecule has 2 nitrogen and oxygen atoms in total. The van der Waals surface area contributed by atoms with Gasteiger partial charge in [0, 0.05) is 23.8 Å². The minimum absolute atomic E-state index is 0.201. The third-order valence-electron chi connectivity index (χ3n) is 4.37. The monoisotopic (exact) mass is 275 g/mol. The highest BCUT2D eigenvalue weighted by atomic mass is 16.5. The average Bonchev–Trinajstić information content (AvgIpc) is 2.31. The molecule has 0 radical (unpaired) electrons. The van der Waals surface area contributed by atoms with E-state index in [0.29, 0.717) is 18.1 Å². The number of benzene rings is 1. The number of ether oxygens (including phenoxy) is 1. The molecule has 1 aliphatic rings. The van der Waals surface area contributed by atoms with Crippen molar-refractivity contribution < 1.29 is 4.74 Å². The maximum atomic E-state index is 6.03. The molecule has 0 saturated heterocycles. The zero-order valence-electron chi connectivity index (χ0n) is 13.8. The van der Waals surface area contributed by atoms with Crippen molar-refractivity contribution in [3.05, 3.63) is 29.3 Å². The number of hydrogen-bond acceptors (Lipinski definition) is 2. The second-order valence-corrected chi connectivity index (χ2v) is 7.35. The summed E-state index contributed by atoms with van der Waals surface area (Å²) in [4.78, 5) is 0. The highest BCUT2D eigenvalue weighted by molar-refractivity contribution is 5.50. The van der Waals surface area contributed by atoms with Gasteiger partial charge in [-0.2, -0.15) is 0 Å². The number of hydrogen-bond donors (Lipinski definition) is 1. The SMILES string of the molecule is Cc1cc(C)cc(NC2CC(OCC(C)C)C2(C)C)c1. The van der Waals surface area contributed by atoms with Crippen LogP contribution in [0.25, 0.3) is 0 Å². The fraction of sp³-hybridized carbons (Fsp3) is 0.667. The van der Waals surface area contributed by atoms with E-state index in [9.17, 15) is 0 Å². The Morgan fingerprint density at radius 1 is 1.20 bits per heavy atom. The molecule has 0 amide bonds. The van der Waals surface area contributed by atoms with Crippen molar-refractivity contribution in [1.82, 2.24) is 0 Å². The first-order valence-electron chi connectivity index (χ1n) is 7.75. The lowest BCUT2D eigenvalue weighted by molar-refractivity contribution is -0.108. The molecule has 0 spiro atoms. The van der Waals surface area contributed by atoms with E-state index in [1.165, 1.54) is 16.8 Å². The molecule has 2 atom stereocenters. The minimum atomic E-state index is 0.201. The van der Waals surface area contributed by atoms with Gasteiger partial charge in [-0.1, -0.05) is 33.8 Å². The van der Waals surface area contributed by atoms with Gasteiger partial charge >= 0.3 is 0 Å². The molecule has 20 heavy (non-hydrogen) atoms. The average molecular weight is 275 g/mol. The number of anilines is 1. The fourth-order valence-electron chi connectivity index (χ4n) is 2.98. The lowest BCUT2D eigenvalue weighted by Crippen LogP contribution is -2.58. The molecule has 1 fully saturated rings. The van der Waals surface area contributed by atoms with Crippen LogP contribution in [0, 0.1) is 25.2 Å². The first kappa shape index (κ1) is 15.4. The lowest BCUT2D eigenvalue weighted by Gasteiger charge is -2.52. The fourth-order valence-corrected chi connectivity index (χ4v) is 2.98. The van der Waals surface area contributed by atoms with Crippen molar-refractivity contribution in [3.63, 3.8) is 0 Å². The maximum absolute atomic E-state index is 6.03. The second kappa shape index (κ2) is 5.77. The summed E-state index contributed by atoms with van der Waals surface area (Å²) in [7, 11) is 0. The third-order valence-corrected chi connectivity index (χ3v) is 4.37. The van der Waals surface area contributed by atoms with Crippen LogP contribution in [0.15, 0.2) is 18.2 Å². The Morgan fingerprint density at radius 2 is 1.80 bits per heavy atom. The molecule has 1 N–H and O–H groups in total. The van der Waals surface area contributed by atoms with Crippen molar-refractivity contribution in [2.75, 3.05) is 11.9 Å². The minimum Gasteiger partial charge on any atom is -0.382 e. The molecular formula is C18H29NO. The molecule has 1 saturated carbocycles. The first-order chi connectivity index (χ1) is 9.29. The Labute approximate surface area is 123 Å². The van der Waals surface area contributed by atoms with Crippen molar-refractivity contribution in [2.45, 2.75) is 60.1 Å². The van der Waals surface area contributed by atoms with Gasteiger partial charge in [0.15, 0.2) is 0 Å². The van der Waals surface area contributed by atoms with Crippen LogP contribution in [-0.4, -0.2) is 18.8 Å². The molecule has 0 aromatic heterocycles. The number of nitrogens with one attached hydrogen (secondary N) is 1. The summed E-state index contributed by atoms with van der Waals surface area (Å²) in [5, 5.41) is 3.69. The predicted molar refractivity (Wildman–Crippen MR) is 86.3 cm³/mol. The van der Waals surface area contributed by atoms with E-state index in [1.54, 1.807) is 0 Å². The molecular weight excluding hydrogens is 246 g/mol. The Hall–Kier alpha value is -1.02. The molecule has 0 bridgehead atoms. The van der Waals surface area contributed by atoms with Crippen LogP contribution in [0.5, 0.6) is 0 Å². The summed E-state index contributed by atoms with van der Waals surface area (Å²) in [6.07, 6.45) is 1.49. The molecule has 0 heterocycles. The van der Waals surface area contributed by atoms with Gasteiger partial charge < -0.3 is 10.1 Å². The molecule has 2 unspecified atom stereocenters. The van der Waals surface area contributed by atoms with E-state index in [-0.39, 0.29) is 5.41 Å². The highest BCUT2D eigenvalue weighted by Crippen LogP contribution is 2.44. The van der Waals surface area contributed by atoms with Gasteiger partial charge in [-0.25, -0.2) is 0 Å². The van der Waals surface area contributed by atoms with E-state index in [2.05, 4.69) is 65.1 Å². The van der Waals surface area contributed by atoms with Crippen LogP contribution in [0.1, 0.15) is 45.2 Å². The third kappa shape index (κ3) is 3.35. The van der Waals surface area contributed by atoms with Crippen molar-refractivity contribution in [1.29, 1.82) is 0 Å². The Morgan fingerprint density at radius 3 is 2.30 bits per heavy atom. The quantitative estimate of drug-likeness (QED) is 0.851. The topological polar surface area (TPSA) is 21.3 Å². The van der Waals surface area contributed by atoms with Crippen molar-refractivity contribution >= 4 is 5.69 Å². The van der Waals surface area contributed by atoms with Crippen molar-refractivity contribution in [3.8, 4) is 0 Å². The highest BCUT2D eigenvalue weighted by Gasteiger charge is 2.49. The van der Waals surface area contributed by atoms with Crippen molar-refractivity contribution in [2.24, 2.45) is 11.3 Å². The van der Waals surface area contributed by atoms with E-state index >= 15 is 0 Å². The van der Waals surface area contributed by atoms with Crippen LogP contribution >= 0.6 is 0 Å². The van der Waals surface area contributed by atoms with Gasteiger partial charge in [0.2, 0.25) is 0 Å². The van der Waals surface area contributed by atoms with Gasteiger partial charge in [0.25, 0.3) is 0 Å². The predicted octanol–water partition coefficient (Wildman–Crippen LogP) is 4.56. The van der Waals surface area contributed by atoms with E-state index < -0.39 is 0 Å². The summed E-state index contributed by atoms with van der Waals surface area (Å²) in [6, 6.07) is 7.17. The largest absolute Gasteiger partial charge is 0.382 e. The molecule has 1 aromatic rings. The van der Waals surface area contributed by atoms with Crippen LogP contribution in [0.3, 0.4) is 0 Å². The smallest absolute Gasteiger partial charge is 0.0665 e. The van der Waals surface area contributed by atoms with Gasteiger partial charge in [-0.05, 0) is 49.4 Å². The zero-order valence-corrected chi connectivity index (χ0v) is 13.8. The lowest BCUT2D eigenvalue weighted by atomic mass is 9.64. The molecule has 1 aliphatic carbocycles. The van der Waals surface area contributed by atoms with E-state index in [1.807, 2.05) is 0 Å². The standard InChI is InChI=1S/C18H29NO/c1-12(2)11-20-17-10-16(18(17,5)6)19-15-8-13(3)7-14(4)9-15/h7-9,12,16-17,19H,10-11H2,1-6H3. The summed E-state index contributed by atoms with van der Waals surface area (Å²) < 4.78 is 6.03. The first-order valence-corrected chi connectivity index (χ1v) is 7.75. The maximum Gasteiger partial charge on any atom is 0.0665 e. The van der Waals surface area contributed by atoms with Gasteiger partial charge in [0.1, 0.15) is 0 Å². The van der Waals surface area contributed by atoms with Gasteiger partial charge in [-0.3, -0.25) is 0 Å². The number of rotatable bonds is 5. The summed E-state index contributed by atoms with van der Waals surface area (Å²) in [5.74, 6) is 0.609. The second-order valence-electron chi connectivity index (χ2n) is 7.35. The van der Waals surface area contributed by atoms with Gasteiger partial charge in [0.05, 0.1) is 6.10 Å². The molecule has 2 heteroatoms. The summed E-state index contributed by atoms with van der Waals surface area (Å²) >= 11 is 0. The van der Waals surface area contributed by atoms with Crippen LogP contribution in [-0.2, 0) is 4.74 Å².